The molecule has 1 heterocycles. The maximum Gasteiger partial charge on any atom is 0.358 e. The highest BCUT2D eigenvalue weighted by Crippen LogP contribution is 2.26. The molecule has 2 rings (SSSR count). The smallest absolute Gasteiger partial charge is 0.358 e. The van der Waals surface area contributed by atoms with Gasteiger partial charge in [-0.25, -0.2) is 4.79 Å². The summed E-state index contributed by atoms with van der Waals surface area (Å²) in [5.41, 5.74) is 2.05. The first kappa shape index (κ1) is 12.4. The predicted octanol–water partition coefficient (Wildman–Crippen LogP) is 3.34. The molecule has 0 bridgehead atoms. The number of aromatic carboxylic acids is 1. The molecule has 94 valence electrons. The summed E-state index contributed by atoms with van der Waals surface area (Å²) in [6.45, 7) is 6.41. The normalized spacial score (nSPS) is 11.5. The van der Waals surface area contributed by atoms with Gasteiger partial charge in [-0.05, 0) is 11.0 Å². The van der Waals surface area contributed by atoms with Crippen molar-refractivity contribution < 1.29 is 14.4 Å². The second kappa shape index (κ2) is 4.29. The van der Waals surface area contributed by atoms with E-state index in [1.807, 2.05) is 24.3 Å². The summed E-state index contributed by atoms with van der Waals surface area (Å²) in [6.07, 6.45) is 0. The van der Waals surface area contributed by atoms with Crippen molar-refractivity contribution in [3.8, 4) is 11.3 Å². The maximum atomic E-state index is 10.7. The van der Waals surface area contributed by atoms with Gasteiger partial charge in [0.2, 0.25) is 0 Å². The molecule has 0 amide bonds. The number of hydrogen-bond acceptors (Lipinski definition) is 3. The molecule has 1 N–H and O–H groups in total. The average molecular weight is 245 g/mol. The van der Waals surface area contributed by atoms with Gasteiger partial charge < -0.3 is 9.63 Å². The third-order valence-corrected chi connectivity index (χ3v) is 2.76. The Labute approximate surface area is 105 Å². The number of aromatic nitrogens is 1. The van der Waals surface area contributed by atoms with E-state index in [1.54, 1.807) is 0 Å². The van der Waals surface area contributed by atoms with E-state index in [-0.39, 0.29) is 11.1 Å². The summed E-state index contributed by atoms with van der Waals surface area (Å²) in [5.74, 6) is -0.621. The van der Waals surface area contributed by atoms with Crippen LogP contribution in [0.1, 0.15) is 36.8 Å². The molecule has 0 saturated carbocycles. The van der Waals surface area contributed by atoms with Gasteiger partial charge in [-0.2, -0.15) is 0 Å². The Morgan fingerprint density at radius 1 is 1.22 bits per heavy atom. The number of benzene rings is 1. The van der Waals surface area contributed by atoms with Crippen molar-refractivity contribution >= 4 is 5.97 Å². The van der Waals surface area contributed by atoms with Gasteiger partial charge >= 0.3 is 5.97 Å². The predicted molar refractivity (Wildman–Crippen MR) is 67.6 cm³/mol. The van der Waals surface area contributed by atoms with Crippen LogP contribution in [0.5, 0.6) is 0 Å². The van der Waals surface area contributed by atoms with Crippen LogP contribution in [0, 0.1) is 0 Å². The van der Waals surface area contributed by atoms with Crippen LogP contribution in [0.2, 0.25) is 0 Å². The van der Waals surface area contributed by atoms with Crippen molar-refractivity contribution in [2.75, 3.05) is 0 Å². The maximum absolute atomic E-state index is 10.7. The fourth-order valence-corrected chi connectivity index (χ4v) is 1.65. The lowest BCUT2D eigenvalue weighted by molar-refractivity contribution is 0.0686. The van der Waals surface area contributed by atoms with E-state index in [9.17, 15) is 4.79 Å². The van der Waals surface area contributed by atoms with Crippen molar-refractivity contribution in [3.63, 3.8) is 0 Å². The van der Waals surface area contributed by atoms with Gasteiger partial charge in [0.05, 0.1) is 0 Å². The standard InChI is InChI=1S/C14H15NO3/c1-14(2,3)10-6-4-9(5-7-10)12-8-11(13(16)17)15-18-12/h4-8H,1-3H3,(H,16,17). The summed E-state index contributed by atoms with van der Waals surface area (Å²) in [6, 6.07) is 9.27. The fraction of sp³-hybridized carbons (Fsp3) is 0.286. The van der Waals surface area contributed by atoms with Gasteiger partial charge in [0.25, 0.3) is 0 Å². The molecule has 4 nitrogen and oxygen atoms in total. The number of carboxylic acids is 1. The Morgan fingerprint density at radius 2 is 1.83 bits per heavy atom. The molecule has 1 aromatic carbocycles. The van der Waals surface area contributed by atoms with Crippen molar-refractivity contribution in [3.05, 3.63) is 41.6 Å². The summed E-state index contributed by atoms with van der Waals surface area (Å²) >= 11 is 0. The second-order valence-electron chi connectivity index (χ2n) is 5.21. The molecule has 0 radical (unpaired) electrons. The zero-order chi connectivity index (χ0) is 13.3. The van der Waals surface area contributed by atoms with Crippen molar-refractivity contribution in [2.24, 2.45) is 0 Å². The molecule has 1 aromatic heterocycles. The van der Waals surface area contributed by atoms with Gasteiger partial charge in [-0.15, -0.1) is 0 Å². The zero-order valence-electron chi connectivity index (χ0n) is 10.6. The summed E-state index contributed by atoms with van der Waals surface area (Å²) in [5, 5.41) is 12.3. The molecule has 0 spiro atoms. The number of hydrogen-bond donors (Lipinski definition) is 1. The molecule has 2 aromatic rings. The van der Waals surface area contributed by atoms with Gasteiger partial charge in [0, 0.05) is 11.6 Å². The van der Waals surface area contributed by atoms with Crippen molar-refractivity contribution in [2.45, 2.75) is 26.2 Å². The van der Waals surface area contributed by atoms with Crippen molar-refractivity contribution in [1.29, 1.82) is 0 Å². The van der Waals surface area contributed by atoms with E-state index in [0.29, 0.717) is 5.76 Å². The van der Waals surface area contributed by atoms with E-state index < -0.39 is 5.97 Å². The molecule has 0 aliphatic carbocycles. The fourth-order valence-electron chi connectivity index (χ4n) is 1.65. The number of nitrogens with zero attached hydrogens (tertiary/aromatic N) is 1. The first-order chi connectivity index (χ1) is 8.38. The quantitative estimate of drug-likeness (QED) is 0.881. The molecular weight excluding hydrogens is 230 g/mol. The van der Waals surface area contributed by atoms with Crippen LogP contribution in [-0.4, -0.2) is 16.2 Å². The molecular formula is C14H15NO3. The summed E-state index contributed by atoms with van der Waals surface area (Å²) < 4.78 is 5.01. The average Bonchev–Trinajstić information content (AvgIpc) is 2.77. The van der Waals surface area contributed by atoms with E-state index in [1.165, 1.54) is 11.6 Å². The van der Waals surface area contributed by atoms with Crippen LogP contribution in [0.15, 0.2) is 34.9 Å². The van der Waals surface area contributed by atoms with Crippen LogP contribution in [-0.2, 0) is 5.41 Å². The number of carboxylic acid groups (broad SMARTS) is 1. The van der Waals surface area contributed by atoms with Gasteiger partial charge in [-0.1, -0.05) is 50.2 Å². The Bertz CT molecular complexity index is 561. The molecule has 0 fully saturated rings. The van der Waals surface area contributed by atoms with E-state index in [0.717, 1.165) is 5.56 Å². The van der Waals surface area contributed by atoms with Crippen LogP contribution >= 0.6 is 0 Å². The highest BCUT2D eigenvalue weighted by Gasteiger charge is 2.15. The van der Waals surface area contributed by atoms with Crippen LogP contribution in [0.3, 0.4) is 0 Å². The highest BCUT2D eigenvalue weighted by atomic mass is 16.5. The highest BCUT2D eigenvalue weighted by molar-refractivity contribution is 5.86. The minimum absolute atomic E-state index is 0.0788. The minimum atomic E-state index is -1.09. The van der Waals surface area contributed by atoms with Gasteiger partial charge in [-0.3, -0.25) is 0 Å². The number of carbonyl (C=O) groups is 1. The third kappa shape index (κ3) is 2.42. The second-order valence-corrected chi connectivity index (χ2v) is 5.21. The van der Waals surface area contributed by atoms with Gasteiger partial charge in [0.1, 0.15) is 0 Å². The van der Waals surface area contributed by atoms with Crippen LogP contribution < -0.4 is 0 Å². The molecule has 0 saturated heterocycles. The number of rotatable bonds is 2. The largest absolute Gasteiger partial charge is 0.476 e. The topological polar surface area (TPSA) is 63.3 Å². The van der Waals surface area contributed by atoms with E-state index in [4.69, 9.17) is 9.63 Å². The van der Waals surface area contributed by atoms with Crippen LogP contribution in [0.4, 0.5) is 0 Å². The molecule has 4 heteroatoms. The summed E-state index contributed by atoms with van der Waals surface area (Å²) in [7, 11) is 0. The molecule has 0 aliphatic heterocycles. The lowest BCUT2D eigenvalue weighted by Gasteiger charge is -2.18. The molecule has 0 aliphatic rings. The summed E-state index contributed by atoms with van der Waals surface area (Å²) in [4.78, 5) is 10.7. The Hall–Kier alpha value is -2.10. The Morgan fingerprint density at radius 3 is 2.28 bits per heavy atom. The van der Waals surface area contributed by atoms with Crippen LogP contribution in [0.25, 0.3) is 11.3 Å². The molecule has 0 atom stereocenters. The Balaban J connectivity index is 2.31. The molecule has 18 heavy (non-hydrogen) atoms. The third-order valence-electron chi connectivity index (χ3n) is 2.76. The van der Waals surface area contributed by atoms with E-state index >= 15 is 0 Å². The monoisotopic (exact) mass is 245 g/mol. The lowest BCUT2D eigenvalue weighted by atomic mass is 9.86. The SMILES string of the molecule is CC(C)(C)c1ccc(-c2cc(C(=O)O)no2)cc1. The van der Waals surface area contributed by atoms with E-state index in [2.05, 4.69) is 25.9 Å². The lowest BCUT2D eigenvalue weighted by Crippen LogP contribution is -2.10. The van der Waals surface area contributed by atoms with Gasteiger partial charge in [0.15, 0.2) is 11.5 Å². The first-order valence-electron chi connectivity index (χ1n) is 5.69. The molecule has 0 unspecified atom stereocenters. The first-order valence-corrected chi connectivity index (χ1v) is 5.69. The van der Waals surface area contributed by atoms with Crippen molar-refractivity contribution in [1.82, 2.24) is 5.16 Å². The minimum Gasteiger partial charge on any atom is -0.476 e. The zero-order valence-corrected chi connectivity index (χ0v) is 10.6. The Kier molecular flexibility index (Phi) is 2.95.